The van der Waals surface area contributed by atoms with Gasteiger partial charge in [0, 0.05) is 17.6 Å². The van der Waals surface area contributed by atoms with Gasteiger partial charge >= 0.3 is 0 Å². The molecule has 0 fully saturated rings. The third-order valence-electron chi connectivity index (χ3n) is 2.39. The molecule has 1 aromatic carbocycles. The number of nitriles is 1. The number of hydrogen-bond donors (Lipinski definition) is 1. The zero-order valence-electron chi connectivity index (χ0n) is 10.4. The second-order valence-corrected chi connectivity index (χ2v) is 5.03. The summed E-state index contributed by atoms with van der Waals surface area (Å²) in [6.07, 6.45) is 0. The second-order valence-electron chi connectivity index (χ2n) is 4.60. The van der Waals surface area contributed by atoms with E-state index in [1.54, 1.807) is 13.8 Å². The zero-order valence-corrected chi connectivity index (χ0v) is 11.2. The van der Waals surface area contributed by atoms with E-state index in [0.29, 0.717) is 0 Å². The Kier molecular flexibility index (Phi) is 4.46. The minimum atomic E-state index is -0.739. The molecule has 0 saturated heterocycles. The number of hydrogen-bond acceptors (Lipinski definition) is 4. The Balaban J connectivity index is 2.95. The van der Waals surface area contributed by atoms with Crippen LogP contribution in [0.25, 0.3) is 0 Å². The molecule has 0 unspecified atom stereocenters. The summed E-state index contributed by atoms with van der Waals surface area (Å²) in [5.74, 6) is -0.605. The minimum absolute atomic E-state index is 0.0804. The highest BCUT2D eigenvalue weighted by Crippen LogP contribution is 2.23. The second kappa shape index (κ2) is 5.67. The number of nitro benzene ring substituents is 1. The third kappa shape index (κ3) is 3.93. The fourth-order valence-electron chi connectivity index (χ4n) is 1.28. The minimum Gasteiger partial charge on any atom is -0.350 e. The van der Waals surface area contributed by atoms with Crippen molar-refractivity contribution in [1.82, 2.24) is 5.32 Å². The molecular weight excluding hydrogens is 270 g/mol. The van der Waals surface area contributed by atoms with Crippen molar-refractivity contribution in [3.05, 3.63) is 38.9 Å². The molecule has 0 aromatic heterocycles. The number of benzene rings is 1. The lowest BCUT2D eigenvalue weighted by molar-refractivity contribution is -0.385. The number of nitrogens with zero attached hydrogens (tertiary/aromatic N) is 2. The normalized spacial score (nSPS) is 10.6. The Morgan fingerprint density at radius 2 is 2.21 bits per heavy atom. The predicted molar refractivity (Wildman–Crippen MR) is 69.8 cm³/mol. The van der Waals surface area contributed by atoms with Crippen LogP contribution in [0.15, 0.2) is 18.2 Å². The molecule has 0 heterocycles. The molecular formula is C12H12ClN3O3. The summed E-state index contributed by atoms with van der Waals surface area (Å²) in [6, 6.07) is 5.83. The molecule has 19 heavy (non-hydrogen) atoms. The van der Waals surface area contributed by atoms with Crippen LogP contribution < -0.4 is 5.32 Å². The van der Waals surface area contributed by atoms with Gasteiger partial charge in [-0.25, -0.2) is 0 Å². The summed E-state index contributed by atoms with van der Waals surface area (Å²) >= 11 is 5.66. The smallest absolute Gasteiger partial charge is 0.283 e. The topological polar surface area (TPSA) is 96.0 Å². The molecule has 0 aliphatic rings. The fraction of sp³-hybridized carbons (Fsp3) is 0.333. The lowest BCUT2D eigenvalue weighted by Crippen LogP contribution is -2.33. The fourth-order valence-corrected chi connectivity index (χ4v) is 1.45. The van der Waals surface area contributed by atoms with E-state index in [4.69, 9.17) is 16.9 Å². The van der Waals surface area contributed by atoms with Gasteiger partial charge in [0.2, 0.25) is 0 Å². The molecule has 0 aliphatic heterocycles. The van der Waals surface area contributed by atoms with Gasteiger partial charge in [0.25, 0.3) is 11.6 Å². The number of nitrogens with one attached hydrogen (secondary N) is 1. The molecule has 0 atom stereocenters. The summed E-state index contributed by atoms with van der Waals surface area (Å²) < 4.78 is 0. The van der Waals surface area contributed by atoms with Gasteiger partial charge in [0.1, 0.15) is 5.56 Å². The van der Waals surface area contributed by atoms with Crippen LogP contribution in [0, 0.1) is 26.9 Å². The first-order chi connectivity index (χ1) is 8.76. The highest BCUT2D eigenvalue weighted by atomic mass is 35.5. The number of halogens is 1. The molecule has 0 saturated carbocycles. The van der Waals surface area contributed by atoms with E-state index in [1.807, 2.05) is 6.07 Å². The molecule has 0 aliphatic carbocycles. The number of nitro groups is 1. The van der Waals surface area contributed by atoms with Gasteiger partial charge in [-0.2, -0.15) is 5.26 Å². The Bertz CT molecular complexity index is 564. The highest BCUT2D eigenvalue weighted by molar-refractivity contribution is 6.31. The molecule has 7 heteroatoms. The maximum Gasteiger partial charge on any atom is 0.283 e. The Labute approximate surface area is 115 Å². The maximum absolute atomic E-state index is 11.9. The molecule has 1 amide bonds. The van der Waals surface area contributed by atoms with Crippen molar-refractivity contribution in [3.63, 3.8) is 0 Å². The van der Waals surface area contributed by atoms with Gasteiger partial charge in [-0.3, -0.25) is 14.9 Å². The van der Waals surface area contributed by atoms with Gasteiger partial charge < -0.3 is 5.32 Å². The monoisotopic (exact) mass is 281 g/mol. The summed E-state index contributed by atoms with van der Waals surface area (Å²) in [7, 11) is 0. The first-order valence-electron chi connectivity index (χ1n) is 5.40. The highest BCUT2D eigenvalue weighted by Gasteiger charge is 2.23. The first-order valence-corrected chi connectivity index (χ1v) is 5.78. The van der Waals surface area contributed by atoms with Gasteiger partial charge in [-0.15, -0.1) is 0 Å². The Morgan fingerprint density at radius 3 is 2.74 bits per heavy atom. The van der Waals surface area contributed by atoms with Crippen LogP contribution in [-0.2, 0) is 0 Å². The summed E-state index contributed by atoms with van der Waals surface area (Å²) in [5.41, 5.74) is -1.18. The molecule has 1 rings (SSSR count). The quantitative estimate of drug-likeness (QED) is 0.677. The number of carbonyl (C=O) groups excluding carboxylic acids is 1. The van der Waals surface area contributed by atoms with Gasteiger partial charge in [0.05, 0.1) is 16.4 Å². The van der Waals surface area contributed by atoms with Crippen LogP contribution in [0.3, 0.4) is 0 Å². The van der Waals surface area contributed by atoms with Crippen molar-refractivity contribution in [3.8, 4) is 6.07 Å². The molecule has 1 N–H and O–H groups in total. The van der Waals surface area contributed by atoms with E-state index >= 15 is 0 Å². The summed E-state index contributed by atoms with van der Waals surface area (Å²) in [6.45, 7) is 3.41. The van der Waals surface area contributed by atoms with Crippen LogP contribution in [0.1, 0.15) is 24.2 Å². The average molecular weight is 282 g/mol. The van der Waals surface area contributed by atoms with E-state index in [2.05, 4.69) is 5.32 Å². The lowest BCUT2D eigenvalue weighted by Gasteiger charge is -2.15. The molecule has 0 spiro atoms. The van der Waals surface area contributed by atoms with Crippen molar-refractivity contribution in [1.29, 1.82) is 5.26 Å². The summed E-state index contributed by atoms with van der Waals surface area (Å²) in [4.78, 5) is 22.1. The van der Waals surface area contributed by atoms with Gasteiger partial charge in [-0.1, -0.05) is 11.6 Å². The predicted octanol–water partition coefficient (Wildman–Crippen LogP) is 2.53. The number of amides is 1. The number of rotatable bonds is 4. The summed E-state index contributed by atoms with van der Waals surface area (Å²) in [5, 5.41) is 22.4. The van der Waals surface area contributed by atoms with Crippen molar-refractivity contribution in [2.24, 2.45) is 5.41 Å². The standard InChI is InChI=1S/C12H12ClN3O3/c1-12(2,6-14)7-15-11(17)9-4-3-8(13)5-10(9)16(18)19/h3-5H,7H2,1-2H3,(H,15,17). The SMILES string of the molecule is CC(C)(C#N)CNC(=O)c1ccc(Cl)cc1[N+](=O)[O-]. The van der Waals surface area contributed by atoms with Crippen molar-refractivity contribution < 1.29 is 9.72 Å². The van der Waals surface area contributed by atoms with Gasteiger partial charge in [0.15, 0.2) is 0 Å². The molecule has 0 radical (unpaired) electrons. The molecule has 0 bridgehead atoms. The van der Waals surface area contributed by atoms with Crippen LogP contribution >= 0.6 is 11.6 Å². The van der Waals surface area contributed by atoms with Crippen molar-refractivity contribution >= 4 is 23.2 Å². The number of carbonyl (C=O) groups is 1. The zero-order chi connectivity index (χ0) is 14.6. The van der Waals surface area contributed by atoms with Crippen molar-refractivity contribution in [2.45, 2.75) is 13.8 Å². The van der Waals surface area contributed by atoms with Crippen LogP contribution in [0.2, 0.25) is 5.02 Å². The molecule has 100 valence electrons. The van der Waals surface area contributed by atoms with Gasteiger partial charge in [-0.05, 0) is 26.0 Å². The van der Waals surface area contributed by atoms with E-state index in [0.717, 1.165) is 6.07 Å². The van der Waals surface area contributed by atoms with E-state index < -0.39 is 16.2 Å². The van der Waals surface area contributed by atoms with E-state index in [9.17, 15) is 14.9 Å². The third-order valence-corrected chi connectivity index (χ3v) is 2.63. The van der Waals surface area contributed by atoms with Crippen LogP contribution in [-0.4, -0.2) is 17.4 Å². The Morgan fingerprint density at radius 1 is 1.58 bits per heavy atom. The lowest BCUT2D eigenvalue weighted by atomic mass is 9.96. The van der Waals surface area contributed by atoms with E-state index in [1.165, 1.54) is 12.1 Å². The van der Waals surface area contributed by atoms with E-state index in [-0.39, 0.29) is 22.8 Å². The van der Waals surface area contributed by atoms with Crippen LogP contribution in [0.5, 0.6) is 0 Å². The van der Waals surface area contributed by atoms with Crippen LogP contribution in [0.4, 0.5) is 5.69 Å². The largest absolute Gasteiger partial charge is 0.350 e. The average Bonchev–Trinajstić information content (AvgIpc) is 2.36. The van der Waals surface area contributed by atoms with Crippen molar-refractivity contribution in [2.75, 3.05) is 6.54 Å². The maximum atomic E-state index is 11.9. The molecule has 1 aromatic rings. The molecule has 6 nitrogen and oxygen atoms in total. The first kappa shape index (κ1) is 14.9. The Hall–Kier alpha value is -2.13.